The largest absolute Gasteiger partial charge is 0.337 e. The number of ketones is 1. The summed E-state index contributed by atoms with van der Waals surface area (Å²) in [6.07, 6.45) is 2.11. The van der Waals surface area contributed by atoms with Gasteiger partial charge in [0.1, 0.15) is 23.3 Å². The smallest absolute Gasteiger partial charge is 0.259 e. The maximum Gasteiger partial charge on any atom is 0.259 e. The fourth-order valence-electron chi connectivity index (χ4n) is 3.90. The number of nitriles is 1. The van der Waals surface area contributed by atoms with Gasteiger partial charge in [-0.15, -0.1) is 0 Å². The quantitative estimate of drug-likeness (QED) is 0.786. The molecular weight excluding hydrogens is 326 g/mol. The van der Waals surface area contributed by atoms with Gasteiger partial charge < -0.3 is 4.90 Å². The van der Waals surface area contributed by atoms with Crippen molar-refractivity contribution in [2.24, 2.45) is 10.8 Å². The van der Waals surface area contributed by atoms with Crippen LogP contribution in [-0.4, -0.2) is 29.7 Å². The van der Waals surface area contributed by atoms with Gasteiger partial charge in [0.05, 0.1) is 5.57 Å². The van der Waals surface area contributed by atoms with Crippen LogP contribution in [0.3, 0.4) is 0 Å². The average molecular weight is 344 g/mol. The van der Waals surface area contributed by atoms with Crippen molar-refractivity contribution in [3.63, 3.8) is 0 Å². The topological polar surface area (TPSA) is 61.2 Å². The Balaban J connectivity index is 1.87. The van der Waals surface area contributed by atoms with E-state index in [9.17, 15) is 23.6 Å². The fraction of sp³-hybridized carbons (Fsp3) is 0.421. The monoisotopic (exact) mass is 344 g/mol. The third kappa shape index (κ3) is 2.64. The number of nitrogens with zero attached hydrogens (tertiary/aromatic N) is 2. The average Bonchev–Trinajstić information content (AvgIpc) is 2.51. The van der Waals surface area contributed by atoms with Crippen LogP contribution in [0.2, 0.25) is 0 Å². The van der Waals surface area contributed by atoms with Gasteiger partial charge in [0, 0.05) is 23.9 Å². The molecule has 1 aromatic carbocycles. The van der Waals surface area contributed by atoms with Gasteiger partial charge in [-0.05, 0) is 25.0 Å². The zero-order valence-corrected chi connectivity index (χ0v) is 14.3. The van der Waals surface area contributed by atoms with E-state index in [2.05, 4.69) is 0 Å². The second kappa shape index (κ2) is 5.48. The molecule has 1 aliphatic heterocycles. The number of carbonyl (C=O) groups is 2. The van der Waals surface area contributed by atoms with E-state index in [0.29, 0.717) is 6.42 Å². The second-order valence-electron chi connectivity index (χ2n) is 7.64. The van der Waals surface area contributed by atoms with E-state index in [1.54, 1.807) is 19.9 Å². The van der Waals surface area contributed by atoms with Crippen LogP contribution in [0, 0.1) is 40.7 Å². The minimum atomic E-state index is -0.888. The van der Waals surface area contributed by atoms with E-state index in [0.717, 1.165) is 6.07 Å². The maximum atomic E-state index is 14.2. The molecule has 0 radical (unpaired) electrons. The molecule has 0 saturated carbocycles. The first-order valence-corrected chi connectivity index (χ1v) is 8.02. The Labute approximate surface area is 144 Å². The molecule has 25 heavy (non-hydrogen) atoms. The van der Waals surface area contributed by atoms with E-state index >= 15 is 0 Å². The number of hydrogen-bond donors (Lipinski definition) is 0. The third-order valence-corrected chi connectivity index (χ3v) is 5.02. The number of likely N-dealkylation sites (tertiary alicyclic amines) is 1. The number of rotatable bonds is 1. The number of allylic oxidation sites excluding steroid dienone is 1. The van der Waals surface area contributed by atoms with Crippen LogP contribution in [0.15, 0.2) is 23.8 Å². The van der Waals surface area contributed by atoms with Crippen molar-refractivity contribution >= 4 is 11.7 Å². The summed E-state index contributed by atoms with van der Waals surface area (Å²) in [6.45, 7) is 5.49. The number of halogens is 2. The van der Waals surface area contributed by atoms with E-state index in [1.807, 2.05) is 6.07 Å². The number of amides is 1. The summed E-state index contributed by atoms with van der Waals surface area (Å²) >= 11 is 0. The molecule has 0 unspecified atom stereocenters. The highest BCUT2D eigenvalue weighted by Crippen LogP contribution is 2.48. The molecule has 4 nitrogen and oxygen atoms in total. The van der Waals surface area contributed by atoms with Gasteiger partial charge in [0.25, 0.3) is 5.91 Å². The predicted octanol–water partition coefficient (Wildman–Crippen LogP) is 3.16. The van der Waals surface area contributed by atoms with Crippen LogP contribution in [0.1, 0.15) is 36.2 Å². The number of Topliss-reactive ketones (excluding diaryl/α,β-unsaturated/α-hetero) is 1. The lowest BCUT2D eigenvalue weighted by molar-refractivity contribution is -0.127. The Hall–Kier alpha value is -2.55. The van der Waals surface area contributed by atoms with Gasteiger partial charge in [-0.25, -0.2) is 8.78 Å². The highest BCUT2D eigenvalue weighted by molar-refractivity contribution is 6.04. The fourth-order valence-corrected chi connectivity index (χ4v) is 3.90. The van der Waals surface area contributed by atoms with Gasteiger partial charge in [-0.2, -0.15) is 5.26 Å². The molecule has 6 heteroatoms. The first-order valence-electron chi connectivity index (χ1n) is 8.02. The van der Waals surface area contributed by atoms with Crippen molar-refractivity contribution < 1.29 is 18.4 Å². The van der Waals surface area contributed by atoms with Crippen molar-refractivity contribution in [3.8, 4) is 6.07 Å². The van der Waals surface area contributed by atoms with E-state index < -0.39 is 33.9 Å². The SMILES string of the molecule is Cc1ccc(F)c(C(=O)N2CC3(C=C(C#N)C(=O)C(C)(C)C3)C2)c1F. The molecule has 0 N–H and O–H groups in total. The molecule has 1 spiro atoms. The summed E-state index contributed by atoms with van der Waals surface area (Å²) in [5.74, 6) is -2.65. The van der Waals surface area contributed by atoms with Crippen LogP contribution >= 0.6 is 0 Å². The lowest BCUT2D eigenvalue weighted by Gasteiger charge is -2.53. The first-order chi connectivity index (χ1) is 11.6. The van der Waals surface area contributed by atoms with Crippen LogP contribution in [-0.2, 0) is 4.79 Å². The van der Waals surface area contributed by atoms with Gasteiger partial charge in [-0.3, -0.25) is 9.59 Å². The molecule has 0 bridgehead atoms. The maximum absolute atomic E-state index is 14.2. The molecule has 1 aromatic rings. The Kier molecular flexibility index (Phi) is 3.79. The van der Waals surface area contributed by atoms with Crippen LogP contribution < -0.4 is 0 Å². The third-order valence-electron chi connectivity index (χ3n) is 5.02. The highest BCUT2D eigenvalue weighted by Gasteiger charge is 2.52. The highest BCUT2D eigenvalue weighted by atomic mass is 19.1. The Morgan fingerprint density at radius 1 is 1.28 bits per heavy atom. The molecule has 3 rings (SSSR count). The van der Waals surface area contributed by atoms with Crippen molar-refractivity contribution in [1.29, 1.82) is 5.26 Å². The molecule has 1 heterocycles. The zero-order valence-electron chi connectivity index (χ0n) is 14.3. The Morgan fingerprint density at radius 3 is 2.52 bits per heavy atom. The lowest BCUT2D eigenvalue weighted by Crippen LogP contribution is -2.61. The van der Waals surface area contributed by atoms with E-state index in [-0.39, 0.29) is 30.0 Å². The first kappa shape index (κ1) is 17.3. The van der Waals surface area contributed by atoms with E-state index in [4.69, 9.17) is 0 Å². The van der Waals surface area contributed by atoms with Gasteiger partial charge >= 0.3 is 0 Å². The number of benzene rings is 1. The molecule has 2 aliphatic rings. The minimum Gasteiger partial charge on any atom is -0.337 e. The molecule has 1 fully saturated rings. The summed E-state index contributed by atoms with van der Waals surface area (Å²) in [4.78, 5) is 26.1. The molecule has 1 aliphatic carbocycles. The normalized spacial score (nSPS) is 20.7. The Morgan fingerprint density at radius 2 is 1.92 bits per heavy atom. The molecule has 1 saturated heterocycles. The van der Waals surface area contributed by atoms with Gasteiger partial charge in [0.15, 0.2) is 5.78 Å². The molecule has 0 atom stereocenters. The molecular formula is C19H18F2N2O2. The minimum absolute atomic E-state index is 0.0938. The number of carbonyl (C=O) groups excluding carboxylic acids is 2. The molecule has 130 valence electrons. The van der Waals surface area contributed by atoms with Gasteiger partial charge in [-0.1, -0.05) is 26.0 Å². The summed E-state index contributed by atoms with van der Waals surface area (Å²) < 4.78 is 28.1. The zero-order chi connectivity index (χ0) is 18.6. The summed E-state index contributed by atoms with van der Waals surface area (Å²) in [7, 11) is 0. The van der Waals surface area contributed by atoms with Crippen LogP contribution in [0.4, 0.5) is 8.78 Å². The summed E-state index contributed by atoms with van der Waals surface area (Å²) in [6, 6.07) is 4.29. The summed E-state index contributed by atoms with van der Waals surface area (Å²) in [5.41, 5.74) is -1.44. The second-order valence-corrected chi connectivity index (χ2v) is 7.64. The number of hydrogen-bond acceptors (Lipinski definition) is 3. The predicted molar refractivity (Wildman–Crippen MR) is 86.5 cm³/mol. The van der Waals surface area contributed by atoms with Crippen molar-refractivity contribution in [1.82, 2.24) is 4.90 Å². The lowest BCUT2D eigenvalue weighted by atomic mass is 9.61. The standard InChI is InChI=1S/C19H18F2N2O2/c1-11-4-5-13(20)14(15(11)21)17(25)23-9-19(10-23)6-12(7-22)16(24)18(2,3)8-19/h4-6H,8-10H2,1-3H3. The van der Waals surface area contributed by atoms with Gasteiger partial charge in [0.2, 0.25) is 0 Å². The summed E-state index contributed by atoms with van der Waals surface area (Å²) in [5, 5.41) is 9.18. The van der Waals surface area contributed by atoms with Crippen molar-refractivity contribution in [2.75, 3.05) is 13.1 Å². The molecule has 1 amide bonds. The number of aryl methyl sites for hydroxylation is 1. The van der Waals surface area contributed by atoms with Crippen molar-refractivity contribution in [3.05, 3.63) is 46.5 Å². The van der Waals surface area contributed by atoms with Crippen LogP contribution in [0.5, 0.6) is 0 Å². The Bertz CT molecular complexity index is 859. The van der Waals surface area contributed by atoms with E-state index in [1.165, 1.54) is 17.9 Å². The molecule has 0 aromatic heterocycles. The van der Waals surface area contributed by atoms with Crippen LogP contribution in [0.25, 0.3) is 0 Å². The van der Waals surface area contributed by atoms with Crippen molar-refractivity contribution in [2.45, 2.75) is 27.2 Å².